The minimum absolute atomic E-state index is 0.477. The van der Waals surface area contributed by atoms with E-state index in [1.807, 2.05) is 42.5 Å². The van der Waals surface area contributed by atoms with Gasteiger partial charge >= 0.3 is 0 Å². The molecule has 0 unspecified atom stereocenters. The summed E-state index contributed by atoms with van der Waals surface area (Å²) in [6, 6.07) is 18.1. The lowest BCUT2D eigenvalue weighted by molar-refractivity contribution is 0.343. The normalized spacial score (nSPS) is 11.5. The maximum absolute atomic E-state index is 5.78. The molecule has 0 atom stereocenters. The standard InChI is InChI=1S/C20H19ClO/c1-3-19(16-8-6-5-7-9-16)20(4-2)17-10-12-18(13-11-17)22-15-14-21/h2,5-13H,3,14-15H2,1H3/b20-19-. The highest BCUT2D eigenvalue weighted by Gasteiger charge is 2.08. The SMILES string of the molecule is C#C/C(=C(\CC)c1ccccc1)c1ccc(OCCCl)cc1. The van der Waals surface area contributed by atoms with Gasteiger partial charge in [-0.1, -0.05) is 55.3 Å². The van der Waals surface area contributed by atoms with Crippen molar-refractivity contribution >= 4 is 22.7 Å². The summed E-state index contributed by atoms with van der Waals surface area (Å²) in [5.41, 5.74) is 4.30. The molecule has 2 aromatic rings. The largest absolute Gasteiger partial charge is 0.492 e. The summed E-state index contributed by atoms with van der Waals surface area (Å²) in [6.07, 6.45) is 6.66. The molecule has 0 spiro atoms. The molecule has 0 fully saturated rings. The maximum atomic E-state index is 5.78. The van der Waals surface area contributed by atoms with Crippen LogP contribution in [0.3, 0.4) is 0 Å². The molecule has 0 aliphatic carbocycles. The second-order valence-electron chi connectivity index (χ2n) is 4.78. The molecule has 112 valence electrons. The summed E-state index contributed by atoms with van der Waals surface area (Å²) >= 11 is 5.62. The lowest BCUT2D eigenvalue weighted by atomic mass is 9.93. The molecule has 0 bridgehead atoms. The number of terminal acetylenes is 1. The molecule has 0 aromatic heterocycles. The van der Waals surface area contributed by atoms with E-state index in [0.29, 0.717) is 12.5 Å². The van der Waals surface area contributed by atoms with Crippen LogP contribution in [-0.2, 0) is 0 Å². The van der Waals surface area contributed by atoms with Gasteiger partial charge in [0.25, 0.3) is 0 Å². The Kier molecular flexibility index (Phi) is 6.13. The molecule has 2 rings (SSSR count). The van der Waals surface area contributed by atoms with Crippen molar-refractivity contribution in [2.75, 3.05) is 12.5 Å². The van der Waals surface area contributed by atoms with E-state index < -0.39 is 0 Å². The zero-order chi connectivity index (χ0) is 15.8. The molecule has 1 nitrogen and oxygen atoms in total. The van der Waals surface area contributed by atoms with Crippen LogP contribution in [0, 0.1) is 12.3 Å². The monoisotopic (exact) mass is 310 g/mol. The molecule has 2 heteroatoms. The second kappa shape index (κ2) is 8.32. The number of alkyl halides is 1. The van der Waals surface area contributed by atoms with E-state index in [-0.39, 0.29) is 0 Å². The molecule has 0 radical (unpaired) electrons. The summed E-state index contributed by atoms with van der Waals surface area (Å²) in [7, 11) is 0. The number of halogens is 1. The number of hydrogen-bond donors (Lipinski definition) is 0. The third-order valence-electron chi connectivity index (χ3n) is 3.41. The van der Waals surface area contributed by atoms with Gasteiger partial charge in [-0.3, -0.25) is 0 Å². The number of rotatable bonds is 6. The van der Waals surface area contributed by atoms with Gasteiger partial charge in [-0.05, 0) is 35.3 Å². The minimum Gasteiger partial charge on any atom is -0.492 e. The molecule has 22 heavy (non-hydrogen) atoms. The first-order valence-corrected chi connectivity index (χ1v) is 7.88. The molecule has 0 N–H and O–H groups in total. The van der Waals surface area contributed by atoms with Crippen LogP contribution in [0.1, 0.15) is 24.5 Å². The van der Waals surface area contributed by atoms with Crippen LogP contribution in [0.4, 0.5) is 0 Å². The molecule has 0 saturated heterocycles. The third-order valence-corrected chi connectivity index (χ3v) is 3.57. The first-order chi connectivity index (χ1) is 10.8. The highest BCUT2D eigenvalue weighted by Crippen LogP contribution is 2.29. The number of benzene rings is 2. The van der Waals surface area contributed by atoms with Gasteiger partial charge in [-0.2, -0.15) is 0 Å². The van der Waals surface area contributed by atoms with E-state index in [9.17, 15) is 0 Å². The van der Waals surface area contributed by atoms with Gasteiger partial charge in [0.1, 0.15) is 12.4 Å². The molecule has 0 amide bonds. The van der Waals surface area contributed by atoms with Gasteiger partial charge in [-0.15, -0.1) is 18.0 Å². The number of allylic oxidation sites excluding steroid dienone is 2. The average Bonchev–Trinajstić information content (AvgIpc) is 2.59. The predicted molar refractivity (Wildman–Crippen MR) is 95.0 cm³/mol. The molecule has 0 heterocycles. The van der Waals surface area contributed by atoms with Crippen molar-refractivity contribution in [3.8, 4) is 18.1 Å². The van der Waals surface area contributed by atoms with Crippen molar-refractivity contribution in [1.29, 1.82) is 0 Å². The van der Waals surface area contributed by atoms with Crippen LogP contribution in [0.5, 0.6) is 5.75 Å². The molecule has 0 saturated carbocycles. The quantitative estimate of drug-likeness (QED) is 0.402. The van der Waals surface area contributed by atoms with E-state index in [2.05, 4.69) is 25.0 Å². The Morgan fingerprint density at radius 2 is 1.73 bits per heavy atom. The Hall–Kier alpha value is -2.17. The highest BCUT2D eigenvalue weighted by molar-refractivity contribution is 6.18. The van der Waals surface area contributed by atoms with Crippen molar-refractivity contribution in [2.24, 2.45) is 0 Å². The van der Waals surface area contributed by atoms with Crippen LogP contribution in [0.25, 0.3) is 11.1 Å². The van der Waals surface area contributed by atoms with E-state index in [1.54, 1.807) is 0 Å². The number of ether oxygens (including phenoxy) is 1. The van der Waals surface area contributed by atoms with E-state index in [0.717, 1.165) is 23.3 Å². The second-order valence-corrected chi connectivity index (χ2v) is 5.16. The minimum atomic E-state index is 0.477. The van der Waals surface area contributed by atoms with Crippen molar-refractivity contribution in [3.05, 3.63) is 65.7 Å². The van der Waals surface area contributed by atoms with Crippen LogP contribution >= 0.6 is 11.6 Å². The van der Waals surface area contributed by atoms with Gasteiger partial charge in [0, 0.05) is 5.57 Å². The van der Waals surface area contributed by atoms with Crippen LogP contribution in [0.2, 0.25) is 0 Å². The fourth-order valence-corrected chi connectivity index (χ4v) is 2.46. The summed E-state index contributed by atoms with van der Waals surface area (Å²) in [6.45, 7) is 2.63. The van der Waals surface area contributed by atoms with Gasteiger partial charge in [0.05, 0.1) is 5.88 Å². The Morgan fingerprint density at radius 1 is 1.05 bits per heavy atom. The fraction of sp³-hybridized carbons (Fsp3) is 0.200. The van der Waals surface area contributed by atoms with Crippen molar-refractivity contribution in [3.63, 3.8) is 0 Å². The number of hydrogen-bond acceptors (Lipinski definition) is 1. The molecule has 0 aliphatic rings. The van der Waals surface area contributed by atoms with Crippen molar-refractivity contribution in [2.45, 2.75) is 13.3 Å². The summed E-state index contributed by atoms with van der Waals surface area (Å²) in [5, 5.41) is 0. The van der Waals surface area contributed by atoms with Crippen LogP contribution in [0.15, 0.2) is 54.6 Å². The molecular weight excluding hydrogens is 292 g/mol. The zero-order valence-electron chi connectivity index (χ0n) is 12.7. The lowest BCUT2D eigenvalue weighted by Crippen LogP contribution is -1.98. The molecule has 0 aliphatic heterocycles. The Morgan fingerprint density at radius 3 is 2.27 bits per heavy atom. The Balaban J connectivity index is 2.38. The summed E-state index contributed by atoms with van der Waals surface area (Å²) < 4.78 is 5.50. The third kappa shape index (κ3) is 3.93. The first kappa shape index (κ1) is 16.2. The fourth-order valence-electron chi connectivity index (χ4n) is 2.38. The Bertz CT molecular complexity index is 663. The smallest absolute Gasteiger partial charge is 0.119 e. The van der Waals surface area contributed by atoms with Gasteiger partial charge < -0.3 is 4.74 Å². The first-order valence-electron chi connectivity index (χ1n) is 7.34. The average molecular weight is 311 g/mol. The molecule has 2 aromatic carbocycles. The van der Waals surface area contributed by atoms with Crippen molar-refractivity contribution in [1.82, 2.24) is 0 Å². The summed E-state index contributed by atoms with van der Waals surface area (Å²) in [4.78, 5) is 0. The van der Waals surface area contributed by atoms with Crippen LogP contribution in [-0.4, -0.2) is 12.5 Å². The maximum Gasteiger partial charge on any atom is 0.119 e. The Labute approximate surface area is 137 Å². The predicted octanol–water partition coefficient (Wildman–Crippen LogP) is 5.26. The topological polar surface area (TPSA) is 9.23 Å². The molecular formula is C20H19ClO. The van der Waals surface area contributed by atoms with Gasteiger partial charge in [0.15, 0.2) is 0 Å². The van der Waals surface area contributed by atoms with E-state index >= 15 is 0 Å². The van der Waals surface area contributed by atoms with E-state index in [1.165, 1.54) is 11.1 Å². The van der Waals surface area contributed by atoms with Gasteiger partial charge in [-0.25, -0.2) is 0 Å². The summed E-state index contributed by atoms with van der Waals surface area (Å²) in [5.74, 6) is 4.13. The van der Waals surface area contributed by atoms with E-state index in [4.69, 9.17) is 22.8 Å². The van der Waals surface area contributed by atoms with Gasteiger partial charge in [0.2, 0.25) is 0 Å². The zero-order valence-corrected chi connectivity index (χ0v) is 13.4. The van der Waals surface area contributed by atoms with Crippen molar-refractivity contribution < 1.29 is 4.74 Å². The highest BCUT2D eigenvalue weighted by atomic mass is 35.5. The van der Waals surface area contributed by atoms with Crippen LogP contribution < -0.4 is 4.74 Å². The lowest BCUT2D eigenvalue weighted by Gasteiger charge is -2.11.